The van der Waals surface area contributed by atoms with Crippen molar-refractivity contribution in [2.45, 2.75) is 39.3 Å². The molecule has 0 amide bonds. The number of carbonyl (C=O) groups is 1. The molecule has 0 fully saturated rings. The van der Waals surface area contributed by atoms with Gasteiger partial charge in [-0.25, -0.2) is 14.4 Å². The molecule has 13 nitrogen and oxygen atoms in total. The summed E-state index contributed by atoms with van der Waals surface area (Å²) in [7, 11) is 1.52. The molecular formula is C35H40ClFN4O9. The summed E-state index contributed by atoms with van der Waals surface area (Å²) in [5.41, 5.74) is 1.27. The number of nitrogens with zero attached hydrogens (tertiary/aromatic N) is 4. The van der Waals surface area contributed by atoms with E-state index in [1.54, 1.807) is 30.3 Å². The maximum absolute atomic E-state index is 14.1. The first-order valence-electron chi connectivity index (χ1n) is 15.8. The van der Waals surface area contributed by atoms with Crippen LogP contribution in [0, 0.1) is 15.9 Å². The van der Waals surface area contributed by atoms with Gasteiger partial charge < -0.3 is 33.3 Å². The smallest absolute Gasteiger partial charge is 0.308 e. The zero-order valence-corrected chi connectivity index (χ0v) is 29.1. The highest BCUT2D eigenvalue weighted by Gasteiger charge is 2.20. The molecule has 0 N–H and O–H groups in total. The average molecular weight is 715 g/mol. The molecule has 0 spiro atoms. The Hall–Kier alpha value is -4.63. The summed E-state index contributed by atoms with van der Waals surface area (Å²) in [6, 6.07) is 13.9. The molecule has 4 aromatic rings. The molecule has 4 rings (SSSR count). The molecule has 268 valence electrons. The number of nitro groups is 1. The number of ether oxygens (including phenoxy) is 6. The Balaban J connectivity index is 1.36. The van der Waals surface area contributed by atoms with E-state index in [4.69, 9.17) is 40.0 Å². The number of carbonyl (C=O) groups excluding carboxylic acids is 1. The number of esters is 1. The van der Waals surface area contributed by atoms with Gasteiger partial charge in [0, 0.05) is 35.8 Å². The van der Waals surface area contributed by atoms with E-state index in [0.717, 1.165) is 5.56 Å². The number of hydrogen-bond acceptors (Lipinski definition) is 12. The standard InChI is InChI=1S/C35H40ClFN4O9/c1-35(2,3)50-33(42)11-12-46-13-14-47-15-16-48-17-18-49-32-20-27-30(21-31(32)45-4)38-23-39-34(27)40(26-9-10-29(37)28(36)19-26)22-24-5-7-25(8-6-24)41(43)44/h5-10,19-21,23H,11-18,22H2,1-4H3. The van der Waals surface area contributed by atoms with E-state index in [9.17, 15) is 19.3 Å². The first kappa shape index (κ1) is 38.2. The molecule has 0 aliphatic rings. The fourth-order valence-electron chi connectivity index (χ4n) is 4.69. The maximum Gasteiger partial charge on any atom is 0.308 e. The highest BCUT2D eigenvalue weighted by Crippen LogP contribution is 2.38. The predicted octanol–water partition coefficient (Wildman–Crippen LogP) is 6.84. The molecule has 0 saturated carbocycles. The summed E-state index contributed by atoms with van der Waals surface area (Å²) in [5.74, 6) is 0.455. The molecule has 1 heterocycles. The van der Waals surface area contributed by atoms with Gasteiger partial charge in [-0.2, -0.15) is 0 Å². The fraction of sp³-hybridized carbons (Fsp3) is 0.400. The topological polar surface area (TPSA) is 145 Å². The first-order valence-corrected chi connectivity index (χ1v) is 16.2. The van der Waals surface area contributed by atoms with Gasteiger partial charge in [-0.1, -0.05) is 23.7 Å². The van der Waals surface area contributed by atoms with Gasteiger partial charge in [0.2, 0.25) is 0 Å². The fourth-order valence-corrected chi connectivity index (χ4v) is 4.86. The molecule has 0 bridgehead atoms. The van der Waals surface area contributed by atoms with Gasteiger partial charge in [0.15, 0.2) is 11.5 Å². The summed E-state index contributed by atoms with van der Waals surface area (Å²) in [6.07, 6.45) is 1.58. The van der Waals surface area contributed by atoms with Crippen molar-refractivity contribution >= 4 is 45.7 Å². The van der Waals surface area contributed by atoms with Crippen LogP contribution < -0.4 is 14.4 Å². The normalized spacial score (nSPS) is 11.4. The molecule has 3 aromatic carbocycles. The SMILES string of the molecule is COc1cc2ncnc(N(Cc3ccc([N+](=O)[O-])cc3)c3ccc(F)c(Cl)c3)c2cc1OCCOCCOCCOCCC(=O)OC(C)(C)C. The molecule has 0 radical (unpaired) electrons. The largest absolute Gasteiger partial charge is 0.493 e. The third-order valence-corrected chi connectivity index (χ3v) is 7.25. The van der Waals surface area contributed by atoms with E-state index >= 15 is 0 Å². The van der Waals surface area contributed by atoms with E-state index in [1.165, 1.54) is 37.7 Å². The second kappa shape index (κ2) is 18.4. The van der Waals surface area contributed by atoms with Gasteiger partial charge in [0.1, 0.15) is 30.2 Å². The van der Waals surface area contributed by atoms with Gasteiger partial charge in [-0.05, 0) is 50.6 Å². The van der Waals surface area contributed by atoms with Crippen LogP contribution in [0.25, 0.3) is 10.9 Å². The van der Waals surface area contributed by atoms with Gasteiger partial charge in [0.05, 0.1) is 68.6 Å². The lowest BCUT2D eigenvalue weighted by Crippen LogP contribution is -2.24. The number of anilines is 2. The van der Waals surface area contributed by atoms with Crippen molar-refractivity contribution in [1.82, 2.24) is 9.97 Å². The molecule has 0 aliphatic carbocycles. The van der Waals surface area contributed by atoms with E-state index in [0.29, 0.717) is 60.3 Å². The Kier molecular flexibility index (Phi) is 14.0. The van der Waals surface area contributed by atoms with Crippen molar-refractivity contribution in [3.63, 3.8) is 0 Å². The molecule has 15 heteroatoms. The van der Waals surface area contributed by atoms with Crippen LogP contribution in [-0.4, -0.2) is 79.8 Å². The maximum atomic E-state index is 14.1. The molecule has 1 aromatic heterocycles. The van der Waals surface area contributed by atoms with Crippen LogP contribution >= 0.6 is 11.6 Å². The Bertz CT molecular complexity index is 1740. The minimum Gasteiger partial charge on any atom is -0.493 e. The lowest BCUT2D eigenvalue weighted by Gasteiger charge is -2.26. The summed E-state index contributed by atoms with van der Waals surface area (Å²) in [4.78, 5) is 33.2. The molecule has 50 heavy (non-hydrogen) atoms. The summed E-state index contributed by atoms with van der Waals surface area (Å²) in [5, 5.41) is 11.7. The van der Waals surface area contributed by atoms with Crippen molar-refractivity contribution in [2.75, 3.05) is 58.3 Å². The summed E-state index contributed by atoms with van der Waals surface area (Å²) in [6.45, 7) is 7.81. The molecule has 0 saturated heterocycles. The number of aromatic nitrogens is 2. The summed E-state index contributed by atoms with van der Waals surface area (Å²) >= 11 is 6.16. The van der Waals surface area contributed by atoms with Crippen LogP contribution in [0.2, 0.25) is 5.02 Å². The number of non-ortho nitro benzene ring substituents is 1. The zero-order valence-electron chi connectivity index (χ0n) is 28.4. The van der Waals surface area contributed by atoms with Gasteiger partial charge in [-0.3, -0.25) is 14.9 Å². The van der Waals surface area contributed by atoms with Crippen LogP contribution in [0.3, 0.4) is 0 Å². The Labute approximate surface area is 294 Å². The minimum atomic E-state index is -0.575. The highest BCUT2D eigenvalue weighted by atomic mass is 35.5. The zero-order chi connectivity index (χ0) is 36.1. The number of benzene rings is 3. The van der Waals surface area contributed by atoms with Gasteiger partial charge >= 0.3 is 5.97 Å². The second-order valence-electron chi connectivity index (χ2n) is 11.8. The van der Waals surface area contributed by atoms with Crippen LogP contribution in [-0.2, 0) is 30.3 Å². The van der Waals surface area contributed by atoms with Crippen molar-refractivity contribution in [1.29, 1.82) is 0 Å². The van der Waals surface area contributed by atoms with Crippen molar-refractivity contribution in [3.8, 4) is 11.5 Å². The Morgan fingerprint density at radius 2 is 1.56 bits per heavy atom. The molecule has 0 aliphatic heterocycles. The van der Waals surface area contributed by atoms with Crippen LogP contribution in [0.1, 0.15) is 32.8 Å². The predicted molar refractivity (Wildman–Crippen MR) is 185 cm³/mol. The van der Waals surface area contributed by atoms with E-state index in [2.05, 4.69) is 9.97 Å². The first-order chi connectivity index (χ1) is 23.9. The average Bonchev–Trinajstić information content (AvgIpc) is 3.07. The number of rotatable bonds is 19. The third kappa shape index (κ3) is 11.5. The quantitative estimate of drug-likeness (QED) is 0.0434. The van der Waals surface area contributed by atoms with Crippen molar-refractivity contribution < 1.29 is 42.5 Å². The third-order valence-electron chi connectivity index (χ3n) is 6.96. The van der Waals surface area contributed by atoms with Crippen molar-refractivity contribution in [3.05, 3.63) is 87.4 Å². The molecule has 0 atom stereocenters. The Morgan fingerprint density at radius 3 is 2.18 bits per heavy atom. The summed E-state index contributed by atoms with van der Waals surface area (Å²) < 4.78 is 47.5. The van der Waals surface area contributed by atoms with Crippen LogP contribution in [0.5, 0.6) is 11.5 Å². The monoisotopic (exact) mass is 714 g/mol. The lowest BCUT2D eigenvalue weighted by atomic mass is 10.1. The minimum absolute atomic E-state index is 0.0404. The number of nitro benzene ring substituents is 1. The lowest BCUT2D eigenvalue weighted by molar-refractivity contribution is -0.384. The van der Waals surface area contributed by atoms with E-state index in [1.807, 2.05) is 25.7 Å². The number of methoxy groups -OCH3 is 1. The Morgan fingerprint density at radius 1 is 0.900 bits per heavy atom. The van der Waals surface area contributed by atoms with Gasteiger partial charge in [0.25, 0.3) is 5.69 Å². The second-order valence-corrected chi connectivity index (χ2v) is 12.3. The number of hydrogen-bond donors (Lipinski definition) is 0. The van der Waals surface area contributed by atoms with Crippen LogP contribution in [0.4, 0.5) is 21.6 Å². The highest BCUT2D eigenvalue weighted by molar-refractivity contribution is 6.31. The number of halogens is 2. The van der Waals surface area contributed by atoms with Crippen molar-refractivity contribution in [2.24, 2.45) is 0 Å². The van der Waals surface area contributed by atoms with E-state index < -0.39 is 16.3 Å². The number of fused-ring (bicyclic) bond motifs is 1. The molecule has 0 unspecified atom stereocenters. The van der Waals surface area contributed by atoms with Gasteiger partial charge in [-0.15, -0.1) is 0 Å². The van der Waals surface area contributed by atoms with Crippen LogP contribution in [0.15, 0.2) is 60.9 Å². The van der Waals surface area contributed by atoms with E-state index in [-0.39, 0.29) is 49.5 Å². The molecular weight excluding hydrogens is 675 g/mol.